The van der Waals surface area contributed by atoms with E-state index in [4.69, 9.17) is 16.1 Å². The Kier molecular flexibility index (Phi) is 5.61. The lowest BCUT2D eigenvalue weighted by Crippen LogP contribution is -2.35. The summed E-state index contributed by atoms with van der Waals surface area (Å²) >= 11 is 5.87. The maximum atomic E-state index is 12.6. The first-order valence-electron chi connectivity index (χ1n) is 8.70. The monoisotopic (exact) mass is 375 g/mol. The quantitative estimate of drug-likeness (QED) is 0.871. The number of hydrogen-bond acceptors (Lipinski definition) is 4. The number of carbonyl (C=O) groups excluding carboxylic acids is 2. The van der Waals surface area contributed by atoms with Crippen LogP contribution in [0, 0.1) is 19.8 Å². The predicted molar refractivity (Wildman–Crippen MR) is 98.2 cm³/mol. The zero-order valence-corrected chi connectivity index (χ0v) is 15.7. The average molecular weight is 376 g/mol. The van der Waals surface area contributed by atoms with Crippen molar-refractivity contribution >= 4 is 23.4 Å². The third-order valence-electron chi connectivity index (χ3n) is 4.72. The molecule has 2 heterocycles. The first-order valence-corrected chi connectivity index (χ1v) is 9.08. The minimum atomic E-state index is -0.176. The predicted octanol–water partition coefficient (Wildman–Crippen LogP) is 2.77. The van der Waals surface area contributed by atoms with Gasteiger partial charge in [-0.1, -0.05) is 28.9 Å². The van der Waals surface area contributed by atoms with E-state index < -0.39 is 0 Å². The molecule has 0 saturated carbocycles. The van der Waals surface area contributed by atoms with Crippen molar-refractivity contribution in [2.45, 2.75) is 26.7 Å². The lowest BCUT2D eigenvalue weighted by molar-refractivity contribution is -0.124. The van der Waals surface area contributed by atoms with Crippen molar-refractivity contribution in [1.29, 1.82) is 0 Å². The van der Waals surface area contributed by atoms with Crippen LogP contribution in [-0.2, 0) is 11.2 Å². The lowest BCUT2D eigenvalue weighted by Gasteiger charge is -2.16. The molecule has 0 bridgehead atoms. The second-order valence-electron chi connectivity index (χ2n) is 6.60. The van der Waals surface area contributed by atoms with E-state index >= 15 is 0 Å². The van der Waals surface area contributed by atoms with Crippen molar-refractivity contribution in [2.24, 2.45) is 5.92 Å². The number of halogens is 1. The minimum Gasteiger partial charge on any atom is -0.361 e. The van der Waals surface area contributed by atoms with Crippen molar-refractivity contribution in [3.63, 3.8) is 0 Å². The molecule has 1 aliphatic rings. The fourth-order valence-electron chi connectivity index (χ4n) is 3.23. The van der Waals surface area contributed by atoms with Gasteiger partial charge in [0.1, 0.15) is 11.3 Å². The topological polar surface area (TPSA) is 75.4 Å². The summed E-state index contributed by atoms with van der Waals surface area (Å²) in [5.74, 6) is 0.221. The van der Waals surface area contributed by atoms with Crippen LogP contribution in [0.25, 0.3) is 0 Å². The summed E-state index contributed by atoms with van der Waals surface area (Å²) in [6.07, 6.45) is 1.42. The van der Waals surface area contributed by atoms with Gasteiger partial charge in [0.15, 0.2) is 0 Å². The van der Waals surface area contributed by atoms with Crippen LogP contribution in [0.3, 0.4) is 0 Å². The van der Waals surface area contributed by atoms with Gasteiger partial charge in [0, 0.05) is 24.7 Å². The molecule has 1 atom stereocenters. The second-order valence-corrected chi connectivity index (χ2v) is 7.04. The van der Waals surface area contributed by atoms with Crippen LogP contribution in [-0.4, -0.2) is 41.5 Å². The number of amides is 2. The molecular weight excluding hydrogens is 354 g/mol. The van der Waals surface area contributed by atoms with Crippen LogP contribution in [0.2, 0.25) is 5.02 Å². The first kappa shape index (κ1) is 18.5. The van der Waals surface area contributed by atoms with Crippen LogP contribution in [0.15, 0.2) is 28.8 Å². The number of nitrogens with zero attached hydrogens (tertiary/aromatic N) is 2. The van der Waals surface area contributed by atoms with Gasteiger partial charge >= 0.3 is 0 Å². The molecule has 1 N–H and O–H groups in total. The number of aromatic nitrogens is 1. The van der Waals surface area contributed by atoms with Crippen LogP contribution < -0.4 is 5.32 Å². The average Bonchev–Trinajstić information content (AvgIpc) is 3.23. The molecule has 2 amide bonds. The zero-order valence-electron chi connectivity index (χ0n) is 14.9. The third-order valence-corrected chi connectivity index (χ3v) is 4.97. The lowest BCUT2D eigenvalue weighted by atomic mass is 10.1. The summed E-state index contributed by atoms with van der Waals surface area (Å²) in [6, 6.07) is 7.59. The highest BCUT2D eigenvalue weighted by Gasteiger charge is 2.33. The van der Waals surface area contributed by atoms with Crippen LogP contribution in [0.5, 0.6) is 0 Å². The van der Waals surface area contributed by atoms with E-state index in [1.165, 1.54) is 0 Å². The third kappa shape index (κ3) is 4.07. The number of nitrogens with one attached hydrogen (secondary N) is 1. The molecule has 3 rings (SSSR count). The maximum Gasteiger partial charge on any atom is 0.259 e. The maximum absolute atomic E-state index is 12.6. The fourth-order valence-corrected chi connectivity index (χ4v) is 3.36. The van der Waals surface area contributed by atoms with E-state index in [1.54, 1.807) is 18.7 Å². The van der Waals surface area contributed by atoms with Gasteiger partial charge in [-0.05, 0) is 44.4 Å². The number of likely N-dealkylation sites (tertiary alicyclic amines) is 1. The highest BCUT2D eigenvalue weighted by atomic mass is 35.5. The molecule has 1 aromatic carbocycles. The molecular formula is C19H22ClN3O3. The Morgan fingerprint density at radius 3 is 2.69 bits per heavy atom. The Bertz CT molecular complexity index is 781. The van der Waals surface area contributed by atoms with E-state index in [0.29, 0.717) is 48.1 Å². The number of carbonyl (C=O) groups is 2. The molecule has 1 saturated heterocycles. The molecule has 6 nitrogen and oxygen atoms in total. The summed E-state index contributed by atoms with van der Waals surface area (Å²) in [6.45, 7) is 5.04. The minimum absolute atomic E-state index is 0.00646. The summed E-state index contributed by atoms with van der Waals surface area (Å²) < 4.78 is 5.07. The Hall–Kier alpha value is -2.34. The van der Waals surface area contributed by atoms with Gasteiger partial charge in [0.2, 0.25) is 5.91 Å². The molecule has 0 aliphatic carbocycles. The molecule has 138 valence electrons. The number of aryl methyl sites for hydroxylation is 2. The van der Waals surface area contributed by atoms with E-state index in [2.05, 4.69) is 10.5 Å². The van der Waals surface area contributed by atoms with Gasteiger partial charge in [0.05, 0.1) is 11.6 Å². The molecule has 26 heavy (non-hydrogen) atoms. The van der Waals surface area contributed by atoms with Crippen LogP contribution >= 0.6 is 11.6 Å². The molecule has 1 fully saturated rings. The number of rotatable bonds is 5. The van der Waals surface area contributed by atoms with Crippen molar-refractivity contribution < 1.29 is 14.1 Å². The zero-order chi connectivity index (χ0) is 18.7. The molecule has 7 heteroatoms. The Morgan fingerprint density at radius 2 is 2.04 bits per heavy atom. The standard InChI is InChI=1S/C19H22ClN3O3/c1-12-17(13(2)26-22-12)19(25)23-10-8-15(11-23)18(24)21-9-7-14-3-5-16(20)6-4-14/h3-6,15H,7-11H2,1-2H3,(H,21,24). The highest BCUT2D eigenvalue weighted by molar-refractivity contribution is 6.30. The Labute approximate surface area is 157 Å². The van der Waals surface area contributed by atoms with Gasteiger partial charge in [-0.15, -0.1) is 0 Å². The molecule has 1 aliphatic heterocycles. The fraction of sp³-hybridized carbons (Fsp3) is 0.421. The van der Waals surface area contributed by atoms with E-state index in [1.807, 2.05) is 24.3 Å². The van der Waals surface area contributed by atoms with Crippen molar-refractivity contribution in [3.05, 3.63) is 51.9 Å². The normalized spacial score (nSPS) is 16.7. The van der Waals surface area contributed by atoms with E-state index in [0.717, 1.165) is 12.0 Å². The summed E-state index contributed by atoms with van der Waals surface area (Å²) in [7, 11) is 0. The van der Waals surface area contributed by atoms with Gasteiger partial charge in [-0.25, -0.2) is 0 Å². The summed E-state index contributed by atoms with van der Waals surface area (Å²) in [5.41, 5.74) is 2.22. The smallest absolute Gasteiger partial charge is 0.259 e. The Balaban J connectivity index is 1.49. The molecule has 2 aromatic rings. The van der Waals surface area contributed by atoms with Crippen molar-refractivity contribution in [2.75, 3.05) is 19.6 Å². The van der Waals surface area contributed by atoms with Gasteiger partial charge in [-0.3, -0.25) is 9.59 Å². The summed E-state index contributed by atoms with van der Waals surface area (Å²) in [5, 5.41) is 7.49. The highest BCUT2D eigenvalue weighted by Crippen LogP contribution is 2.22. The van der Waals surface area contributed by atoms with E-state index in [9.17, 15) is 9.59 Å². The first-order chi connectivity index (χ1) is 12.5. The largest absolute Gasteiger partial charge is 0.361 e. The number of hydrogen-bond donors (Lipinski definition) is 1. The van der Waals surface area contributed by atoms with Crippen molar-refractivity contribution in [1.82, 2.24) is 15.4 Å². The Morgan fingerprint density at radius 1 is 1.31 bits per heavy atom. The van der Waals surface area contributed by atoms with Gasteiger partial charge in [0.25, 0.3) is 5.91 Å². The second kappa shape index (κ2) is 7.91. The summed E-state index contributed by atoms with van der Waals surface area (Å²) in [4.78, 5) is 26.7. The molecule has 1 aromatic heterocycles. The van der Waals surface area contributed by atoms with Gasteiger partial charge < -0.3 is 14.7 Å². The van der Waals surface area contributed by atoms with Gasteiger partial charge in [-0.2, -0.15) is 0 Å². The number of benzene rings is 1. The molecule has 0 spiro atoms. The van der Waals surface area contributed by atoms with Crippen LogP contribution in [0.4, 0.5) is 0 Å². The van der Waals surface area contributed by atoms with Crippen molar-refractivity contribution in [3.8, 4) is 0 Å². The SMILES string of the molecule is Cc1noc(C)c1C(=O)N1CCC(C(=O)NCCc2ccc(Cl)cc2)C1. The van der Waals surface area contributed by atoms with E-state index in [-0.39, 0.29) is 17.7 Å². The van der Waals surface area contributed by atoms with Crippen LogP contribution in [0.1, 0.15) is 33.8 Å². The molecule has 0 radical (unpaired) electrons. The molecule has 1 unspecified atom stereocenters.